The zero-order valence-corrected chi connectivity index (χ0v) is 12.3. The van der Waals surface area contributed by atoms with Crippen LogP contribution in [0.25, 0.3) is 0 Å². The highest BCUT2D eigenvalue weighted by molar-refractivity contribution is 7.92. The van der Waals surface area contributed by atoms with Crippen molar-refractivity contribution in [3.05, 3.63) is 53.1 Å². The molecular weight excluding hydrogens is 312 g/mol. The van der Waals surface area contributed by atoms with Gasteiger partial charge in [0.25, 0.3) is 10.0 Å². The second-order valence-electron chi connectivity index (χ2n) is 4.66. The number of hydrogen-bond donors (Lipinski definition) is 2. The van der Waals surface area contributed by atoms with Gasteiger partial charge in [0.2, 0.25) is 5.91 Å². The summed E-state index contributed by atoms with van der Waals surface area (Å²) in [5, 5.41) is 3.11. The van der Waals surface area contributed by atoms with Gasteiger partial charge in [0.05, 0.1) is 17.0 Å². The minimum atomic E-state index is -3.72. The van der Waals surface area contributed by atoms with Crippen LogP contribution < -0.4 is 10.0 Å². The number of fused-ring (bicyclic) bond motifs is 1. The van der Waals surface area contributed by atoms with Crippen LogP contribution in [0.3, 0.4) is 0 Å². The molecule has 0 aliphatic carbocycles. The van der Waals surface area contributed by atoms with Crippen LogP contribution in [-0.2, 0) is 21.2 Å². The lowest BCUT2D eigenvalue weighted by Gasteiger charge is -2.09. The first-order valence-corrected chi connectivity index (χ1v) is 8.01. The van der Waals surface area contributed by atoms with Gasteiger partial charge in [-0.3, -0.25) is 9.52 Å². The summed E-state index contributed by atoms with van der Waals surface area (Å²) < 4.78 is 27.1. The van der Waals surface area contributed by atoms with E-state index in [0.717, 1.165) is 0 Å². The summed E-state index contributed by atoms with van der Waals surface area (Å²) in [5.74, 6) is -0.137. The molecule has 1 heterocycles. The molecule has 1 aliphatic heterocycles. The van der Waals surface area contributed by atoms with Crippen molar-refractivity contribution in [2.75, 3.05) is 10.0 Å². The topological polar surface area (TPSA) is 75.3 Å². The van der Waals surface area contributed by atoms with Gasteiger partial charge in [0.15, 0.2) is 0 Å². The highest BCUT2D eigenvalue weighted by Gasteiger charge is 2.21. The molecule has 1 aliphatic rings. The van der Waals surface area contributed by atoms with Gasteiger partial charge in [0, 0.05) is 10.7 Å². The van der Waals surface area contributed by atoms with Crippen LogP contribution in [0.1, 0.15) is 5.56 Å². The van der Waals surface area contributed by atoms with Crippen molar-refractivity contribution in [2.24, 2.45) is 0 Å². The van der Waals surface area contributed by atoms with Gasteiger partial charge in [-0.25, -0.2) is 8.42 Å². The van der Waals surface area contributed by atoms with E-state index in [2.05, 4.69) is 10.0 Å². The molecule has 0 radical (unpaired) electrons. The molecule has 7 heteroatoms. The van der Waals surface area contributed by atoms with Gasteiger partial charge < -0.3 is 5.32 Å². The van der Waals surface area contributed by atoms with Crippen LogP contribution in [0.2, 0.25) is 5.02 Å². The van der Waals surface area contributed by atoms with Crippen LogP contribution in [0.4, 0.5) is 11.4 Å². The Morgan fingerprint density at radius 1 is 1.14 bits per heavy atom. The minimum Gasteiger partial charge on any atom is -0.326 e. The second-order valence-corrected chi connectivity index (χ2v) is 6.78. The van der Waals surface area contributed by atoms with Crippen LogP contribution in [0.15, 0.2) is 47.4 Å². The lowest BCUT2D eigenvalue weighted by Crippen LogP contribution is -2.13. The summed E-state index contributed by atoms with van der Waals surface area (Å²) in [7, 11) is -3.72. The number of sulfonamides is 1. The lowest BCUT2D eigenvalue weighted by atomic mass is 10.2. The number of carbonyl (C=O) groups is 1. The van der Waals surface area contributed by atoms with Gasteiger partial charge >= 0.3 is 0 Å². The summed E-state index contributed by atoms with van der Waals surface area (Å²) >= 11 is 5.83. The largest absolute Gasteiger partial charge is 0.326 e. The SMILES string of the molecule is O=C1Cc2cc(S(=O)(=O)Nc3cccc(Cl)c3)ccc2N1. The predicted molar refractivity (Wildman–Crippen MR) is 81.0 cm³/mol. The van der Waals surface area contributed by atoms with E-state index in [9.17, 15) is 13.2 Å². The molecule has 0 aromatic heterocycles. The number of anilines is 2. The number of nitrogens with one attached hydrogen (secondary N) is 2. The lowest BCUT2D eigenvalue weighted by molar-refractivity contribution is -0.115. The third-order valence-electron chi connectivity index (χ3n) is 3.09. The molecule has 0 fully saturated rings. The van der Waals surface area contributed by atoms with Crippen molar-refractivity contribution in [3.63, 3.8) is 0 Å². The van der Waals surface area contributed by atoms with Crippen molar-refractivity contribution in [1.82, 2.24) is 0 Å². The maximum absolute atomic E-state index is 12.3. The third-order valence-corrected chi connectivity index (χ3v) is 4.70. The van der Waals surface area contributed by atoms with Crippen molar-refractivity contribution >= 4 is 38.9 Å². The first-order valence-electron chi connectivity index (χ1n) is 6.15. The fourth-order valence-electron chi connectivity index (χ4n) is 2.14. The van der Waals surface area contributed by atoms with Crippen molar-refractivity contribution in [2.45, 2.75) is 11.3 Å². The van der Waals surface area contributed by atoms with E-state index in [0.29, 0.717) is 22.0 Å². The quantitative estimate of drug-likeness (QED) is 0.912. The summed E-state index contributed by atoms with van der Waals surface area (Å²) in [5.41, 5.74) is 1.72. The number of benzene rings is 2. The highest BCUT2D eigenvalue weighted by Crippen LogP contribution is 2.27. The van der Waals surface area contributed by atoms with E-state index in [4.69, 9.17) is 11.6 Å². The molecular formula is C14H11ClN2O3S. The van der Waals surface area contributed by atoms with Crippen molar-refractivity contribution < 1.29 is 13.2 Å². The first kappa shape index (κ1) is 13.9. The van der Waals surface area contributed by atoms with E-state index >= 15 is 0 Å². The molecule has 0 saturated carbocycles. The van der Waals surface area contributed by atoms with Gasteiger partial charge in [0.1, 0.15) is 0 Å². The molecule has 0 saturated heterocycles. The summed E-state index contributed by atoms with van der Waals surface area (Å²) in [6.45, 7) is 0. The van der Waals surface area contributed by atoms with Gasteiger partial charge in [-0.1, -0.05) is 17.7 Å². The van der Waals surface area contributed by atoms with Crippen LogP contribution >= 0.6 is 11.6 Å². The average molecular weight is 323 g/mol. The molecule has 0 bridgehead atoms. The number of halogens is 1. The van der Waals surface area contributed by atoms with E-state index in [1.54, 1.807) is 24.3 Å². The normalized spacial score (nSPS) is 13.7. The Morgan fingerprint density at radius 2 is 1.95 bits per heavy atom. The summed E-state index contributed by atoms with van der Waals surface area (Å²) in [4.78, 5) is 11.4. The van der Waals surface area contributed by atoms with E-state index in [1.165, 1.54) is 18.2 Å². The molecule has 3 rings (SSSR count). The molecule has 0 atom stereocenters. The predicted octanol–water partition coefficient (Wildman–Crippen LogP) is 2.64. The Hall–Kier alpha value is -2.05. The molecule has 5 nitrogen and oxygen atoms in total. The maximum atomic E-state index is 12.3. The van der Waals surface area contributed by atoms with Crippen LogP contribution in [-0.4, -0.2) is 14.3 Å². The Bertz CT molecular complexity index is 834. The Morgan fingerprint density at radius 3 is 2.71 bits per heavy atom. The van der Waals surface area contributed by atoms with Crippen molar-refractivity contribution in [3.8, 4) is 0 Å². The average Bonchev–Trinajstić information content (AvgIpc) is 2.77. The summed E-state index contributed by atoms with van der Waals surface area (Å²) in [6.07, 6.45) is 0.190. The molecule has 0 unspecified atom stereocenters. The van der Waals surface area contributed by atoms with Crippen molar-refractivity contribution in [1.29, 1.82) is 0 Å². The smallest absolute Gasteiger partial charge is 0.261 e. The first-order chi connectivity index (χ1) is 9.94. The number of hydrogen-bond acceptors (Lipinski definition) is 3. The highest BCUT2D eigenvalue weighted by atomic mass is 35.5. The number of amides is 1. The Kier molecular flexibility index (Phi) is 3.35. The summed E-state index contributed by atoms with van der Waals surface area (Å²) in [6, 6.07) is 11.0. The molecule has 0 spiro atoms. The molecule has 108 valence electrons. The van der Waals surface area contributed by atoms with E-state index in [-0.39, 0.29) is 17.2 Å². The monoisotopic (exact) mass is 322 g/mol. The Balaban J connectivity index is 1.92. The molecule has 2 aromatic carbocycles. The van der Waals surface area contributed by atoms with E-state index in [1.807, 2.05) is 0 Å². The van der Waals surface area contributed by atoms with Crippen LogP contribution in [0, 0.1) is 0 Å². The minimum absolute atomic E-state index is 0.109. The fraction of sp³-hybridized carbons (Fsp3) is 0.0714. The fourth-order valence-corrected chi connectivity index (χ4v) is 3.43. The number of rotatable bonds is 3. The second kappa shape index (κ2) is 5.05. The zero-order chi connectivity index (χ0) is 15.0. The molecule has 2 N–H and O–H groups in total. The number of carbonyl (C=O) groups excluding carboxylic acids is 1. The van der Waals surface area contributed by atoms with Crippen LogP contribution in [0.5, 0.6) is 0 Å². The van der Waals surface area contributed by atoms with Gasteiger partial charge in [-0.15, -0.1) is 0 Å². The van der Waals surface area contributed by atoms with Gasteiger partial charge in [-0.2, -0.15) is 0 Å². The van der Waals surface area contributed by atoms with Gasteiger partial charge in [-0.05, 0) is 42.0 Å². The molecule has 1 amide bonds. The third kappa shape index (κ3) is 2.86. The standard InChI is InChI=1S/C14H11ClN2O3S/c15-10-2-1-3-11(8-10)17-21(19,20)12-4-5-13-9(6-12)7-14(18)16-13/h1-6,8,17H,7H2,(H,16,18). The molecule has 2 aromatic rings. The zero-order valence-electron chi connectivity index (χ0n) is 10.8. The Labute approximate surface area is 127 Å². The van der Waals surface area contributed by atoms with E-state index < -0.39 is 10.0 Å². The molecule has 21 heavy (non-hydrogen) atoms. The maximum Gasteiger partial charge on any atom is 0.261 e.